The number of urea groups is 1. The molecule has 0 radical (unpaired) electrons. The summed E-state index contributed by atoms with van der Waals surface area (Å²) in [5.41, 5.74) is 2.72. The van der Waals surface area contributed by atoms with Crippen LogP contribution in [0.2, 0.25) is 0 Å². The molecule has 1 saturated carbocycles. The van der Waals surface area contributed by atoms with Gasteiger partial charge in [0.1, 0.15) is 5.82 Å². The molecule has 2 amide bonds. The Bertz CT molecular complexity index is 911. The third-order valence-electron chi connectivity index (χ3n) is 6.45. The van der Waals surface area contributed by atoms with E-state index in [1.807, 2.05) is 41.9 Å². The van der Waals surface area contributed by atoms with Gasteiger partial charge in [0.2, 0.25) is 0 Å². The van der Waals surface area contributed by atoms with Crippen LogP contribution in [0.25, 0.3) is 5.69 Å². The van der Waals surface area contributed by atoms with Crippen molar-refractivity contribution in [1.82, 2.24) is 15.1 Å². The number of nitrogens with zero attached hydrogens (tertiary/aromatic N) is 2. The third-order valence-corrected chi connectivity index (χ3v) is 6.45. The Hall–Kier alpha value is -2.34. The van der Waals surface area contributed by atoms with Gasteiger partial charge in [0, 0.05) is 35.0 Å². The molecule has 1 aliphatic carbocycles. The van der Waals surface area contributed by atoms with Crippen LogP contribution in [0.5, 0.6) is 0 Å². The maximum absolute atomic E-state index is 13.0. The summed E-state index contributed by atoms with van der Waals surface area (Å²) in [5.74, 6) is 1.12. The van der Waals surface area contributed by atoms with E-state index in [4.69, 9.17) is 9.84 Å². The molecule has 3 atom stereocenters. The number of rotatable bonds is 3. The molecule has 2 aliphatic rings. The standard InChI is InChI=1S/C23H32N4O2/c1-14-17(22(2,3)4)26-27(15-10-8-7-9-11-15)20(14)25-21(28)24-18-16-12-13-29-19(16)23(18,5)6/h7-11,16,18-19H,12-13H2,1-6H3,(H2,24,25,28)/t16-,18+,19+/m0/s1. The fourth-order valence-corrected chi connectivity index (χ4v) is 5.01. The van der Waals surface area contributed by atoms with Crippen molar-refractivity contribution in [3.63, 3.8) is 0 Å². The van der Waals surface area contributed by atoms with Gasteiger partial charge in [-0.2, -0.15) is 5.10 Å². The largest absolute Gasteiger partial charge is 0.377 e. The normalized spacial score (nSPS) is 25.2. The molecule has 6 nitrogen and oxygen atoms in total. The number of hydrogen-bond donors (Lipinski definition) is 2. The van der Waals surface area contributed by atoms with Crippen LogP contribution in [0, 0.1) is 18.3 Å². The van der Waals surface area contributed by atoms with Crippen molar-refractivity contribution in [3.05, 3.63) is 41.6 Å². The van der Waals surface area contributed by atoms with Crippen molar-refractivity contribution in [2.75, 3.05) is 11.9 Å². The topological polar surface area (TPSA) is 68.2 Å². The molecule has 0 spiro atoms. The average Bonchev–Trinajstić information content (AvgIpc) is 3.24. The maximum atomic E-state index is 13.0. The first kappa shape index (κ1) is 20.0. The highest BCUT2D eigenvalue weighted by atomic mass is 16.5. The van der Waals surface area contributed by atoms with Gasteiger partial charge in [-0.15, -0.1) is 0 Å². The zero-order valence-corrected chi connectivity index (χ0v) is 18.2. The first-order chi connectivity index (χ1) is 13.6. The molecule has 156 valence electrons. The van der Waals surface area contributed by atoms with E-state index in [-0.39, 0.29) is 29.0 Å². The minimum Gasteiger partial charge on any atom is -0.377 e. The van der Waals surface area contributed by atoms with Crippen LogP contribution in [0.1, 0.15) is 52.3 Å². The van der Waals surface area contributed by atoms with E-state index >= 15 is 0 Å². The highest BCUT2D eigenvalue weighted by Gasteiger charge is 2.59. The van der Waals surface area contributed by atoms with Crippen molar-refractivity contribution in [3.8, 4) is 5.69 Å². The molecule has 0 unspecified atom stereocenters. The summed E-state index contributed by atoms with van der Waals surface area (Å²) in [6.07, 6.45) is 1.26. The Morgan fingerprint density at radius 3 is 2.59 bits per heavy atom. The number of nitrogens with one attached hydrogen (secondary N) is 2. The minimum atomic E-state index is -0.186. The number of fused-ring (bicyclic) bond motifs is 1. The predicted octanol–water partition coefficient (Wildman–Crippen LogP) is 4.41. The number of benzene rings is 1. The number of hydrogen-bond acceptors (Lipinski definition) is 3. The molecule has 2 aromatic rings. The molecule has 0 bridgehead atoms. The summed E-state index contributed by atoms with van der Waals surface area (Å²) in [6, 6.07) is 9.85. The molecule has 1 aromatic carbocycles. The highest BCUT2D eigenvalue weighted by molar-refractivity contribution is 5.90. The zero-order valence-electron chi connectivity index (χ0n) is 18.2. The van der Waals surface area contributed by atoms with Crippen LogP contribution in [0.15, 0.2) is 30.3 Å². The molecule has 1 aromatic heterocycles. The fourth-order valence-electron chi connectivity index (χ4n) is 5.01. The SMILES string of the molecule is Cc1c(C(C)(C)C)nn(-c2ccccc2)c1NC(=O)N[C@@H]1[C@@H]2CCO[C@H]2C1(C)C. The number of carbonyl (C=O) groups excluding carboxylic acids is 1. The van der Waals surface area contributed by atoms with Gasteiger partial charge in [-0.05, 0) is 25.5 Å². The second-order valence-corrected chi connectivity index (χ2v) is 9.96. The fraction of sp³-hybridized carbons (Fsp3) is 0.565. The van der Waals surface area contributed by atoms with Crippen molar-refractivity contribution >= 4 is 11.8 Å². The van der Waals surface area contributed by atoms with E-state index in [9.17, 15) is 4.79 Å². The van der Waals surface area contributed by atoms with Crippen LogP contribution in [0.4, 0.5) is 10.6 Å². The van der Waals surface area contributed by atoms with E-state index in [0.717, 1.165) is 35.8 Å². The molecule has 2 fully saturated rings. The van der Waals surface area contributed by atoms with E-state index in [0.29, 0.717) is 5.92 Å². The first-order valence-electron chi connectivity index (χ1n) is 10.5. The lowest BCUT2D eigenvalue weighted by Gasteiger charge is -2.54. The van der Waals surface area contributed by atoms with E-state index in [1.165, 1.54) is 0 Å². The minimum absolute atomic E-state index is 0.0518. The van der Waals surface area contributed by atoms with Gasteiger partial charge in [0.05, 0.1) is 17.5 Å². The Kier molecular flexibility index (Phi) is 4.73. The second-order valence-electron chi connectivity index (χ2n) is 9.96. The van der Waals surface area contributed by atoms with Crippen LogP contribution in [0.3, 0.4) is 0 Å². The van der Waals surface area contributed by atoms with Gasteiger partial charge >= 0.3 is 6.03 Å². The molecule has 2 N–H and O–H groups in total. The summed E-state index contributed by atoms with van der Waals surface area (Å²) in [4.78, 5) is 13.0. The monoisotopic (exact) mass is 396 g/mol. The molecule has 4 rings (SSSR count). The summed E-state index contributed by atoms with van der Waals surface area (Å²) >= 11 is 0. The van der Waals surface area contributed by atoms with E-state index in [1.54, 1.807) is 0 Å². The molecular formula is C23H32N4O2. The average molecular weight is 397 g/mol. The van der Waals surface area contributed by atoms with Gasteiger partial charge < -0.3 is 10.1 Å². The summed E-state index contributed by atoms with van der Waals surface area (Å²) in [5, 5.41) is 11.2. The van der Waals surface area contributed by atoms with Gasteiger partial charge in [-0.25, -0.2) is 9.48 Å². The zero-order chi connectivity index (χ0) is 21.0. The quantitative estimate of drug-likeness (QED) is 0.807. The summed E-state index contributed by atoms with van der Waals surface area (Å²) in [7, 11) is 0. The predicted molar refractivity (Wildman–Crippen MR) is 115 cm³/mol. The summed E-state index contributed by atoms with van der Waals surface area (Å²) in [6.45, 7) is 13.6. The molecule has 1 saturated heterocycles. The number of aromatic nitrogens is 2. The Labute approximate surface area is 173 Å². The van der Waals surface area contributed by atoms with Crippen LogP contribution >= 0.6 is 0 Å². The lowest BCUT2D eigenvalue weighted by molar-refractivity contribution is -0.107. The molecular weight excluding hydrogens is 364 g/mol. The Balaban J connectivity index is 1.61. The number of anilines is 1. The highest BCUT2D eigenvalue weighted by Crippen LogP contribution is 2.52. The molecule has 29 heavy (non-hydrogen) atoms. The molecule has 1 aliphatic heterocycles. The number of carbonyl (C=O) groups is 1. The summed E-state index contributed by atoms with van der Waals surface area (Å²) < 4.78 is 7.68. The van der Waals surface area contributed by atoms with Crippen molar-refractivity contribution in [2.24, 2.45) is 11.3 Å². The Morgan fingerprint density at radius 1 is 1.24 bits per heavy atom. The first-order valence-corrected chi connectivity index (χ1v) is 10.5. The lowest BCUT2D eigenvalue weighted by Crippen LogP contribution is -2.67. The smallest absolute Gasteiger partial charge is 0.320 e. The number of ether oxygens (including phenoxy) is 1. The molecule has 6 heteroatoms. The van der Waals surface area contributed by atoms with Gasteiger partial charge in [0.15, 0.2) is 0 Å². The number of amides is 2. The van der Waals surface area contributed by atoms with E-state index in [2.05, 4.69) is 45.3 Å². The second kappa shape index (κ2) is 6.87. The van der Waals surface area contributed by atoms with Gasteiger partial charge in [-0.3, -0.25) is 5.32 Å². The van der Waals surface area contributed by atoms with Crippen molar-refractivity contribution in [2.45, 2.75) is 65.5 Å². The van der Waals surface area contributed by atoms with Crippen molar-refractivity contribution in [1.29, 1.82) is 0 Å². The lowest BCUT2D eigenvalue weighted by atomic mass is 9.57. The van der Waals surface area contributed by atoms with Crippen LogP contribution < -0.4 is 10.6 Å². The van der Waals surface area contributed by atoms with Gasteiger partial charge in [-0.1, -0.05) is 52.8 Å². The van der Waals surface area contributed by atoms with E-state index < -0.39 is 0 Å². The van der Waals surface area contributed by atoms with Crippen molar-refractivity contribution < 1.29 is 9.53 Å². The molecule has 2 heterocycles. The van der Waals surface area contributed by atoms with Crippen LogP contribution in [-0.2, 0) is 10.2 Å². The maximum Gasteiger partial charge on any atom is 0.320 e. The number of para-hydroxylation sites is 1. The Morgan fingerprint density at radius 2 is 1.93 bits per heavy atom. The van der Waals surface area contributed by atoms with Crippen LogP contribution in [-0.4, -0.2) is 34.6 Å². The van der Waals surface area contributed by atoms with Gasteiger partial charge in [0.25, 0.3) is 0 Å². The third kappa shape index (κ3) is 3.33.